The lowest BCUT2D eigenvalue weighted by atomic mass is 9.44. The van der Waals surface area contributed by atoms with E-state index < -0.39 is 15.9 Å². The Morgan fingerprint density at radius 3 is 2.50 bits per heavy atom. The van der Waals surface area contributed by atoms with Crippen molar-refractivity contribution in [2.45, 2.75) is 97.8 Å². The summed E-state index contributed by atoms with van der Waals surface area (Å²) in [6, 6.07) is 0. The van der Waals surface area contributed by atoms with Gasteiger partial charge >= 0.3 is 0 Å². The van der Waals surface area contributed by atoms with E-state index >= 15 is 0 Å². The van der Waals surface area contributed by atoms with Crippen molar-refractivity contribution >= 4 is 16.0 Å². The summed E-state index contributed by atoms with van der Waals surface area (Å²) in [5, 5.41) is 2.64. The number of hydrogen-bond acceptors (Lipinski definition) is 3. The average molecular weight is 468 g/mol. The van der Waals surface area contributed by atoms with E-state index in [1.54, 1.807) is 0 Å². The Kier molecular flexibility index (Phi) is 7.05. The van der Waals surface area contributed by atoms with Crippen LogP contribution in [0.2, 0.25) is 0 Å². The first-order valence-corrected chi connectivity index (χ1v) is 14.9. The summed E-state index contributed by atoms with van der Waals surface area (Å²) in [4.78, 5) is 12.2. The van der Waals surface area contributed by atoms with Gasteiger partial charge in [-0.3, -0.25) is 9.35 Å². The Morgan fingerprint density at radius 2 is 1.75 bits per heavy atom. The van der Waals surface area contributed by atoms with Gasteiger partial charge in [-0.15, -0.1) is 0 Å². The van der Waals surface area contributed by atoms with Crippen molar-refractivity contribution in [1.82, 2.24) is 5.32 Å². The molecule has 4 fully saturated rings. The van der Waals surface area contributed by atoms with Gasteiger partial charge in [0.2, 0.25) is 5.91 Å². The molecule has 0 aliphatic heterocycles. The number of nitrogens with one attached hydrogen (secondary N) is 1. The Morgan fingerprint density at radius 1 is 1.00 bits per heavy atom. The molecule has 0 radical (unpaired) electrons. The molecule has 0 aromatic heterocycles. The minimum Gasteiger partial charge on any atom is -0.355 e. The van der Waals surface area contributed by atoms with Gasteiger partial charge < -0.3 is 5.32 Å². The van der Waals surface area contributed by atoms with Crippen molar-refractivity contribution in [3.05, 3.63) is 0 Å². The maximum atomic E-state index is 12.2. The Labute approximate surface area is 195 Å². The predicted octanol–water partition coefficient (Wildman–Crippen LogP) is 5.46. The van der Waals surface area contributed by atoms with Gasteiger partial charge in [0.15, 0.2) is 0 Å². The summed E-state index contributed by atoms with van der Waals surface area (Å²) < 4.78 is 30.5. The lowest BCUT2D eigenvalue weighted by molar-refractivity contribution is -0.122. The highest BCUT2D eigenvalue weighted by Crippen LogP contribution is 2.68. The molecule has 8 atom stereocenters. The quantitative estimate of drug-likeness (QED) is 0.487. The number of rotatable bonds is 7. The predicted molar refractivity (Wildman–Crippen MR) is 128 cm³/mol. The highest BCUT2D eigenvalue weighted by atomic mass is 32.2. The molecule has 1 unspecified atom stereocenters. The van der Waals surface area contributed by atoms with E-state index in [2.05, 4.69) is 26.1 Å². The molecule has 0 saturated heterocycles. The molecule has 1 amide bonds. The van der Waals surface area contributed by atoms with Crippen LogP contribution in [0, 0.1) is 46.3 Å². The van der Waals surface area contributed by atoms with Crippen LogP contribution in [0.5, 0.6) is 0 Å². The number of carbonyl (C=O) groups excluding carboxylic acids is 1. The summed E-state index contributed by atoms with van der Waals surface area (Å²) in [5.74, 6) is 4.35. The zero-order valence-corrected chi connectivity index (χ0v) is 21.3. The summed E-state index contributed by atoms with van der Waals surface area (Å²) >= 11 is 0. The summed E-state index contributed by atoms with van der Waals surface area (Å²) in [6.45, 7) is 7.53. The zero-order chi connectivity index (χ0) is 23.1. The van der Waals surface area contributed by atoms with Gasteiger partial charge in [-0.1, -0.05) is 33.6 Å². The van der Waals surface area contributed by atoms with Crippen LogP contribution in [-0.2, 0) is 14.9 Å². The Balaban J connectivity index is 1.35. The van der Waals surface area contributed by atoms with Gasteiger partial charge in [-0.05, 0) is 104 Å². The molecule has 0 bridgehead atoms. The van der Waals surface area contributed by atoms with E-state index in [9.17, 15) is 13.2 Å². The molecule has 32 heavy (non-hydrogen) atoms. The van der Waals surface area contributed by atoms with E-state index in [0.29, 0.717) is 29.1 Å². The van der Waals surface area contributed by atoms with Gasteiger partial charge in [-0.25, -0.2) is 0 Å². The highest BCUT2D eigenvalue weighted by Gasteiger charge is 2.60. The molecule has 0 heterocycles. The second-order valence-electron chi connectivity index (χ2n) is 12.3. The molecule has 5 nitrogen and oxygen atoms in total. The molecule has 2 N–H and O–H groups in total. The van der Waals surface area contributed by atoms with E-state index in [1.165, 1.54) is 64.2 Å². The maximum absolute atomic E-state index is 12.2. The van der Waals surface area contributed by atoms with Gasteiger partial charge in [0.05, 0.1) is 5.75 Å². The van der Waals surface area contributed by atoms with E-state index in [0.717, 1.165) is 30.1 Å². The summed E-state index contributed by atoms with van der Waals surface area (Å²) in [5.41, 5.74) is 1.01. The first-order valence-electron chi connectivity index (χ1n) is 13.3. The minimum absolute atomic E-state index is 0.0158. The largest absolute Gasteiger partial charge is 0.355 e. The molecule has 0 spiro atoms. The van der Waals surface area contributed by atoms with Crippen LogP contribution in [0.15, 0.2) is 0 Å². The molecule has 184 valence electrons. The van der Waals surface area contributed by atoms with Crippen LogP contribution in [0.25, 0.3) is 0 Å². The van der Waals surface area contributed by atoms with Gasteiger partial charge in [-0.2, -0.15) is 8.42 Å². The van der Waals surface area contributed by atoms with Crippen LogP contribution >= 0.6 is 0 Å². The number of fused-ring (bicyclic) bond motifs is 5. The lowest BCUT2D eigenvalue weighted by Crippen LogP contribution is -2.53. The fourth-order valence-corrected chi connectivity index (χ4v) is 9.60. The normalized spacial score (nSPS) is 42.4. The summed E-state index contributed by atoms with van der Waals surface area (Å²) in [6.07, 6.45) is 15.4. The number of carbonyl (C=O) groups is 1. The van der Waals surface area contributed by atoms with Crippen molar-refractivity contribution in [1.29, 1.82) is 0 Å². The Hall–Kier alpha value is -0.620. The summed E-state index contributed by atoms with van der Waals surface area (Å²) in [7, 11) is -4.02. The van der Waals surface area contributed by atoms with E-state index in [1.807, 2.05) is 0 Å². The standard InChI is InChI=1S/C26H45NO4S/c1-18(7-12-24(28)27-16-17-32(29,30)31)21-10-11-22-20-9-8-19-6-4-5-14-25(19,2)23(20)13-15-26(21,22)3/h18-23H,4-17H2,1-3H3,(H,27,28)(H,29,30,31)/t18-,19?,20+,21-,22+,23-,25+,26-/m1/s1. The van der Waals surface area contributed by atoms with Crippen molar-refractivity contribution in [2.75, 3.05) is 12.3 Å². The molecule has 4 rings (SSSR count). The molecule has 4 saturated carbocycles. The van der Waals surface area contributed by atoms with Crippen LogP contribution in [0.1, 0.15) is 97.8 Å². The zero-order valence-electron chi connectivity index (χ0n) is 20.4. The smallest absolute Gasteiger partial charge is 0.266 e. The second-order valence-corrected chi connectivity index (χ2v) is 13.9. The van der Waals surface area contributed by atoms with E-state index in [4.69, 9.17) is 4.55 Å². The Bertz CT molecular complexity index is 798. The van der Waals surface area contributed by atoms with Crippen LogP contribution in [0.4, 0.5) is 0 Å². The lowest BCUT2D eigenvalue weighted by Gasteiger charge is -2.61. The number of hydrogen-bond donors (Lipinski definition) is 2. The van der Waals surface area contributed by atoms with Crippen LogP contribution in [-0.4, -0.2) is 31.2 Å². The maximum Gasteiger partial charge on any atom is 0.266 e. The van der Waals surface area contributed by atoms with Gasteiger partial charge in [0, 0.05) is 13.0 Å². The molecular formula is C26H45NO4S. The van der Waals surface area contributed by atoms with Crippen LogP contribution < -0.4 is 5.32 Å². The minimum atomic E-state index is -4.02. The van der Waals surface area contributed by atoms with Gasteiger partial charge in [0.25, 0.3) is 10.1 Å². The van der Waals surface area contributed by atoms with Crippen molar-refractivity contribution in [3.63, 3.8) is 0 Å². The third-order valence-electron chi connectivity index (χ3n) is 10.9. The first-order chi connectivity index (χ1) is 15.0. The fraction of sp³-hybridized carbons (Fsp3) is 0.962. The highest BCUT2D eigenvalue weighted by molar-refractivity contribution is 7.85. The van der Waals surface area contributed by atoms with Crippen molar-refractivity contribution < 1.29 is 17.8 Å². The third-order valence-corrected chi connectivity index (χ3v) is 11.6. The molecule has 4 aliphatic rings. The molecule has 0 aromatic rings. The van der Waals surface area contributed by atoms with Crippen molar-refractivity contribution in [2.24, 2.45) is 46.3 Å². The average Bonchev–Trinajstić information content (AvgIpc) is 3.08. The first kappa shape index (κ1) is 24.5. The van der Waals surface area contributed by atoms with Crippen LogP contribution in [0.3, 0.4) is 0 Å². The van der Waals surface area contributed by atoms with Gasteiger partial charge in [0.1, 0.15) is 0 Å². The molecule has 6 heteroatoms. The topological polar surface area (TPSA) is 83.5 Å². The number of amides is 1. The third kappa shape index (κ3) is 4.64. The molecule has 0 aromatic carbocycles. The molecule has 4 aliphatic carbocycles. The molecular weight excluding hydrogens is 422 g/mol. The SMILES string of the molecule is C[C@H](CCC(=O)NCCS(=O)(=O)O)[C@H]1CC[C@H]2[C@@H]3CCC4CCCC[C@]4(C)[C@@H]3CC[C@]12C. The van der Waals surface area contributed by atoms with E-state index in [-0.39, 0.29) is 12.5 Å². The second kappa shape index (κ2) is 9.20. The fourth-order valence-electron chi connectivity index (χ4n) is 9.24. The van der Waals surface area contributed by atoms with Crippen molar-refractivity contribution in [3.8, 4) is 0 Å². The monoisotopic (exact) mass is 467 g/mol.